The van der Waals surface area contributed by atoms with E-state index in [2.05, 4.69) is 6.92 Å². The van der Waals surface area contributed by atoms with Crippen molar-refractivity contribution in [1.82, 2.24) is 0 Å². The molecule has 1 fully saturated rings. The second-order valence-corrected chi connectivity index (χ2v) is 3.99. The van der Waals surface area contributed by atoms with Crippen LogP contribution in [-0.2, 0) is 4.79 Å². The summed E-state index contributed by atoms with van der Waals surface area (Å²) in [5.74, 6) is 1.14. The molecule has 0 aromatic heterocycles. The summed E-state index contributed by atoms with van der Waals surface area (Å²) >= 11 is 0. The van der Waals surface area contributed by atoms with E-state index in [9.17, 15) is 4.79 Å². The van der Waals surface area contributed by atoms with Crippen molar-refractivity contribution in [3.05, 3.63) is 0 Å². The summed E-state index contributed by atoms with van der Waals surface area (Å²) in [7, 11) is 0. The zero-order valence-electron chi connectivity index (χ0n) is 8.09. The lowest BCUT2D eigenvalue weighted by Crippen LogP contribution is -2.08. The van der Waals surface area contributed by atoms with Gasteiger partial charge in [-0.05, 0) is 25.2 Å². The number of unbranched alkanes of at least 4 members (excludes halogenated alkanes) is 2. The van der Waals surface area contributed by atoms with Gasteiger partial charge in [0.25, 0.3) is 0 Å². The number of carbonyl (C=O) groups is 1. The lowest BCUT2D eigenvalue weighted by molar-refractivity contribution is -0.112. The van der Waals surface area contributed by atoms with E-state index in [-0.39, 0.29) is 0 Å². The molecule has 0 bridgehead atoms. The van der Waals surface area contributed by atoms with Crippen molar-refractivity contribution in [2.45, 2.75) is 51.9 Å². The Hall–Kier alpha value is -0.330. The fourth-order valence-electron chi connectivity index (χ4n) is 2.26. The summed E-state index contributed by atoms with van der Waals surface area (Å²) in [6, 6.07) is 0. The van der Waals surface area contributed by atoms with Crippen LogP contribution in [0.15, 0.2) is 0 Å². The normalized spacial score (nSPS) is 29.1. The van der Waals surface area contributed by atoms with Gasteiger partial charge in [-0.2, -0.15) is 0 Å². The molecule has 1 nitrogen and oxygen atoms in total. The standard InChI is InChI=1S/C11H20O/c1-2-3-4-6-10-7-5-8-11(10)9-12/h9-11H,2-8H2,1H3. The summed E-state index contributed by atoms with van der Waals surface area (Å²) in [6.45, 7) is 2.23. The Balaban J connectivity index is 2.17. The van der Waals surface area contributed by atoms with Crippen LogP contribution >= 0.6 is 0 Å². The Bertz CT molecular complexity index is 131. The van der Waals surface area contributed by atoms with Gasteiger partial charge in [0.1, 0.15) is 6.29 Å². The van der Waals surface area contributed by atoms with Crippen molar-refractivity contribution in [2.24, 2.45) is 11.8 Å². The average Bonchev–Trinajstić information content (AvgIpc) is 2.52. The van der Waals surface area contributed by atoms with E-state index in [4.69, 9.17) is 0 Å². The molecule has 0 aromatic rings. The van der Waals surface area contributed by atoms with Gasteiger partial charge in [0.05, 0.1) is 0 Å². The van der Waals surface area contributed by atoms with Crippen LogP contribution in [0.3, 0.4) is 0 Å². The lowest BCUT2D eigenvalue weighted by atomic mass is 9.92. The second kappa shape index (κ2) is 5.34. The molecule has 0 N–H and O–H groups in total. The van der Waals surface area contributed by atoms with Crippen LogP contribution < -0.4 is 0 Å². The van der Waals surface area contributed by atoms with Crippen molar-refractivity contribution >= 4 is 6.29 Å². The minimum Gasteiger partial charge on any atom is -0.303 e. The van der Waals surface area contributed by atoms with Crippen LogP contribution in [0.1, 0.15) is 51.9 Å². The highest BCUT2D eigenvalue weighted by Gasteiger charge is 2.25. The van der Waals surface area contributed by atoms with Gasteiger partial charge in [-0.15, -0.1) is 0 Å². The van der Waals surface area contributed by atoms with Gasteiger partial charge in [-0.1, -0.05) is 32.6 Å². The van der Waals surface area contributed by atoms with E-state index < -0.39 is 0 Å². The van der Waals surface area contributed by atoms with Crippen LogP contribution in [0, 0.1) is 11.8 Å². The molecule has 0 saturated heterocycles. The third kappa shape index (κ3) is 2.62. The first-order valence-corrected chi connectivity index (χ1v) is 5.33. The van der Waals surface area contributed by atoms with Crippen LogP contribution in [0.2, 0.25) is 0 Å². The summed E-state index contributed by atoms with van der Waals surface area (Å²) < 4.78 is 0. The maximum absolute atomic E-state index is 10.7. The Morgan fingerprint density at radius 3 is 2.83 bits per heavy atom. The highest BCUT2D eigenvalue weighted by atomic mass is 16.1. The molecule has 2 unspecified atom stereocenters. The van der Waals surface area contributed by atoms with Crippen LogP contribution in [0.25, 0.3) is 0 Å². The molecular weight excluding hydrogens is 148 g/mol. The van der Waals surface area contributed by atoms with Gasteiger partial charge in [-0.25, -0.2) is 0 Å². The van der Waals surface area contributed by atoms with Gasteiger partial charge >= 0.3 is 0 Å². The molecule has 0 spiro atoms. The fourth-order valence-corrected chi connectivity index (χ4v) is 2.26. The number of hydrogen-bond donors (Lipinski definition) is 0. The lowest BCUT2D eigenvalue weighted by Gasteiger charge is -2.12. The Kier molecular flexibility index (Phi) is 4.34. The summed E-state index contributed by atoms with van der Waals surface area (Å²) in [5, 5.41) is 0. The maximum Gasteiger partial charge on any atom is 0.123 e. The van der Waals surface area contributed by atoms with Crippen molar-refractivity contribution in [3.63, 3.8) is 0 Å². The van der Waals surface area contributed by atoms with Crippen LogP contribution in [0.5, 0.6) is 0 Å². The molecule has 0 amide bonds. The number of aldehydes is 1. The Morgan fingerprint density at radius 2 is 2.17 bits per heavy atom. The van der Waals surface area contributed by atoms with E-state index in [0.717, 1.165) is 12.3 Å². The number of hydrogen-bond acceptors (Lipinski definition) is 1. The second-order valence-electron chi connectivity index (χ2n) is 3.99. The highest BCUT2D eigenvalue weighted by molar-refractivity contribution is 5.54. The number of rotatable bonds is 5. The maximum atomic E-state index is 10.7. The summed E-state index contributed by atoms with van der Waals surface area (Å²) in [4.78, 5) is 10.7. The summed E-state index contributed by atoms with van der Waals surface area (Å²) in [6.07, 6.45) is 10.2. The van der Waals surface area contributed by atoms with Crippen LogP contribution in [0.4, 0.5) is 0 Å². The predicted octanol–water partition coefficient (Wildman–Crippen LogP) is 3.18. The third-order valence-electron chi connectivity index (χ3n) is 3.07. The van der Waals surface area contributed by atoms with Crippen molar-refractivity contribution in [3.8, 4) is 0 Å². The zero-order valence-corrected chi connectivity index (χ0v) is 8.09. The van der Waals surface area contributed by atoms with Crippen LogP contribution in [-0.4, -0.2) is 6.29 Å². The minimum atomic E-state index is 0.404. The Labute approximate surface area is 75.5 Å². The van der Waals surface area contributed by atoms with Crippen molar-refractivity contribution < 1.29 is 4.79 Å². The van der Waals surface area contributed by atoms with Gasteiger partial charge in [-0.3, -0.25) is 0 Å². The van der Waals surface area contributed by atoms with Crippen molar-refractivity contribution in [2.75, 3.05) is 0 Å². The first kappa shape index (κ1) is 9.76. The molecule has 1 heteroatoms. The monoisotopic (exact) mass is 168 g/mol. The quantitative estimate of drug-likeness (QED) is 0.455. The molecule has 0 aliphatic heterocycles. The molecule has 0 radical (unpaired) electrons. The smallest absolute Gasteiger partial charge is 0.123 e. The van der Waals surface area contributed by atoms with Gasteiger partial charge in [0.15, 0.2) is 0 Å². The van der Waals surface area contributed by atoms with Gasteiger partial charge in [0.2, 0.25) is 0 Å². The highest BCUT2D eigenvalue weighted by Crippen LogP contribution is 2.33. The molecule has 1 aliphatic carbocycles. The predicted molar refractivity (Wildman–Crippen MR) is 51.0 cm³/mol. The molecule has 1 saturated carbocycles. The fraction of sp³-hybridized carbons (Fsp3) is 0.909. The molecule has 0 aromatic carbocycles. The van der Waals surface area contributed by atoms with E-state index in [0.29, 0.717) is 5.92 Å². The Morgan fingerprint density at radius 1 is 1.33 bits per heavy atom. The first-order valence-electron chi connectivity index (χ1n) is 5.33. The zero-order chi connectivity index (χ0) is 8.81. The molecule has 1 rings (SSSR count). The van der Waals surface area contributed by atoms with E-state index in [1.165, 1.54) is 44.8 Å². The molecule has 0 heterocycles. The number of carbonyl (C=O) groups excluding carboxylic acids is 1. The van der Waals surface area contributed by atoms with Crippen molar-refractivity contribution in [1.29, 1.82) is 0 Å². The van der Waals surface area contributed by atoms with E-state index in [1.807, 2.05) is 0 Å². The molecule has 1 aliphatic rings. The minimum absolute atomic E-state index is 0.404. The van der Waals surface area contributed by atoms with E-state index >= 15 is 0 Å². The topological polar surface area (TPSA) is 17.1 Å². The van der Waals surface area contributed by atoms with Gasteiger partial charge < -0.3 is 4.79 Å². The molecule has 2 atom stereocenters. The third-order valence-corrected chi connectivity index (χ3v) is 3.07. The first-order chi connectivity index (χ1) is 5.88. The average molecular weight is 168 g/mol. The SMILES string of the molecule is CCCCCC1CCCC1C=O. The van der Waals surface area contributed by atoms with E-state index in [1.54, 1.807) is 0 Å². The van der Waals surface area contributed by atoms with Gasteiger partial charge in [0, 0.05) is 5.92 Å². The molecule has 70 valence electrons. The molecule has 12 heavy (non-hydrogen) atoms. The summed E-state index contributed by atoms with van der Waals surface area (Å²) in [5.41, 5.74) is 0. The largest absolute Gasteiger partial charge is 0.303 e. The molecular formula is C11H20O.